The van der Waals surface area contributed by atoms with Crippen LogP contribution in [-0.2, 0) is 11.3 Å². The molecule has 0 aliphatic heterocycles. The SMILES string of the molecule is Cc1ccc(NC(=O)Cn2nc(-c3ccco3)oc2=O)c(Br)c1. The van der Waals surface area contributed by atoms with E-state index in [0.29, 0.717) is 11.4 Å². The highest BCUT2D eigenvalue weighted by Crippen LogP contribution is 2.23. The van der Waals surface area contributed by atoms with Gasteiger partial charge in [-0.25, -0.2) is 4.79 Å². The van der Waals surface area contributed by atoms with Crippen molar-refractivity contribution >= 4 is 27.5 Å². The van der Waals surface area contributed by atoms with E-state index < -0.39 is 11.7 Å². The predicted molar refractivity (Wildman–Crippen MR) is 86.0 cm³/mol. The molecule has 0 saturated heterocycles. The molecule has 0 aliphatic rings. The van der Waals surface area contributed by atoms with Crippen molar-refractivity contribution < 1.29 is 13.6 Å². The molecule has 0 saturated carbocycles. The van der Waals surface area contributed by atoms with Gasteiger partial charge in [-0.05, 0) is 52.7 Å². The number of nitrogens with zero attached hydrogens (tertiary/aromatic N) is 2. The Bertz CT molecular complexity index is 896. The van der Waals surface area contributed by atoms with Gasteiger partial charge in [0.15, 0.2) is 5.76 Å². The van der Waals surface area contributed by atoms with Crippen LogP contribution >= 0.6 is 15.9 Å². The van der Waals surface area contributed by atoms with E-state index in [-0.39, 0.29) is 12.4 Å². The molecule has 0 atom stereocenters. The molecular weight excluding hydrogens is 366 g/mol. The molecule has 1 amide bonds. The molecule has 0 aliphatic carbocycles. The molecule has 0 bridgehead atoms. The second-order valence-corrected chi connectivity index (χ2v) is 5.69. The normalized spacial score (nSPS) is 10.7. The van der Waals surface area contributed by atoms with Crippen LogP contribution in [0.3, 0.4) is 0 Å². The molecule has 1 aromatic carbocycles. The van der Waals surface area contributed by atoms with Gasteiger partial charge in [0.2, 0.25) is 5.91 Å². The molecule has 0 spiro atoms. The van der Waals surface area contributed by atoms with Crippen LogP contribution in [0.15, 0.2) is 54.7 Å². The van der Waals surface area contributed by atoms with Gasteiger partial charge in [-0.2, -0.15) is 4.68 Å². The number of amides is 1. The van der Waals surface area contributed by atoms with E-state index in [1.807, 2.05) is 19.1 Å². The molecule has 23 heavy (non-hydrogen) atoms. The summed E-state index contributed by atoms with van der Waals surface area (Å²) in [6.45, 7) is 1.69. The maximum atomic E-state index is 12.1. The summed E-state index contributed by atoms with van der Waals surface area (Å²) in [6.07, 6.45) is 1.44. The fourth-order valence-electron chi connectivity index (χ4n) is 1.95. The summed E-state index contributed by atoms with van der Waals surface area (Å²) in [7, 11) is 0. The van der Waals surface area contributed by atoms with Crippen LogP contribution in [0.1, 0.15) is 5.56 Å². The Hall–Kier alpha value is -2.61. The first kappa shape index (κ1) is 15.3. The first-order valence-electron chi connectivity index (χ1n) is 6.71. The zero-order valence-corrected chi connectivity index (χ0v) is 13.7. The Kier molecular flexibility index (Phi) is 4.16. The van der Waals surface area contributed by atoms with Gasteiger partial charge in [-0.15, -0.1) is 5.10 Å². The lowest BCUT2D eigenvalue weighted by Crippen LogP contribution is -2.26. The van der Waals surface area contributed by atoms with E-state index in [1.165, 1.54) is 6.26 Å². The Balaban J connectivity index is 1.74. The van der Waals surface area contributed by atoms with E-state index in [1.54, 1.807) is 18.2 Å². The molecule has 2 heterocycles. The zero-order valence-electron chi connectivity index (χ0n) is 12.1. The molecule has 8 heteroatoms. The number of rotatable bonds is 4. The van der Waals surface area contributed by atoms with Gasteiger partial charge in [0.25, 0.3) is 5.89 Å². The van der Waals surface area contributed by atoms with Crippen LogP contribution in [0, 0.1) is 6.92 Å². The second kappa shape index (κ2) is 6.25. The fourth-order valence-corrected chi connectivity index (χ4v) is 2.55. The zero-order chi connectivity index (χ0) is 16.4. The van der Waals surface area contributed by atoms with Crippen LogP contribution in [0.2, 0.25) is 0 Å². The van der Waals surface area contributed by atoms with E-state index in [9.17, 15) is 9.59 Å². The van der Waals surface area contributed by atoms with Crippen molar-refractivity contribution in [1.29, 1.82) is 0 Å². The van der Waals surface area contributed by atoms with Gasteiger partial charge in [-0.3, -0.25) is 4.79 Å². The third-order valence-corrected chi connectivity index (χ3v) is 3.69. The Labute approximate surface area is 139 Å². The van der Waals surface area contributed by atoms with E-state index in [2.05, 4.69) is 26.3 Å². The van der Waals surface area contributed by atoms with Gasteiger partial charge in [0, 0.05) is 4.47 Å². The first-order chi connectivity index (χ1) is 11.0. The molecule has 118 valence electrons. The van der Waals surface area contributed by atoms with Gasteiger partial charge in [-0.1, -0.05) is 6.07 Å². The van der Waals surface area contributed by atoms with Crippen molar-refractivity contribution in [2.75, 3.05) is 5.32 Å². The minimum absolute atomic E-state index is 0.0318. The van der Waals surface area contributed by atoms with Crippen molar-refractivity contribution in [3.05, 3.63) is 57.2 Å². The van der Waals surface area contributed by atoms with Crippen LogP contribution < -0.4 is 11.1 Å². The van der Waals surface area contributed by atoms with Crippen molar-refractivity contribution in [1.82, 2.24) is 9.78 Å². The predicted octanol–water partition coefficient (Wildman–Crippen LogP) is 2.81. The van der Waals surface area contributed by atoms with Crippen molar-refractivity contribution in [2.24, 2.45) is 0 Å². The summed E-state index contributed by atoms with van der Waals surface area (Å²) in [5.74, 6) is -0.766. The summed E-state index contributed by atoms with van der Waals surface area (Å²) in [5.41, 5.74) is 1.68. The average Bonchev–Trinajstić information content (AvgIpc) is 3.13. The first-order valence-corrected chi connectivity index (χ1v) is 7.50. The Morgan fingerprint density at radius 2 is 2.22 bits per heavy atom. The lowest BCUT2D eigenvalue weighted by molar-refractivity contribution is -0.117. The number of aromatic nitrogens is 2. The molecular formula is C15H12BrN3O4. The van der Waals surface area contributed by atoms with Gasteiger partial charge in [0.05, 0.1) is 12.0 Å². The highest BCUT2D eigenvalue weighted by molar-refractivity contribution is 9.10. The third-order valence-electron chi connectivity index (χ3n) is 3.03. The summed E-state index contributed by atoms with van der Waals surface area (Å²) in [6, 6.07) is 8.79. The smallest absolute Gasteiger partial charge is 0.437 e. The maximum Gasteiger partial charge on any atom is 0.437 e. The van der Waals surface area contributed by atoms with Gasteiger partial charge >= 0.3 is 5.76 Å². The molecule has 3 rings (SSSR count). The van der Waals surface area contributed by atoms with E-state index in [4.69, 9.17) is 8.83 Å². The van der Waals surface area contributed by atoms with Gasteiger partial charge < -0.3 is 14.2 Å². The second-order valence-electron chi connectivity index (χ2n) is 4.84. The van der Waals surface area contributed by atoms with E-state index >= 15 is 0 Å². The molecule has 7 nitrogen and oxygen atoms in total. The quantitative estimate of drug-likeness (QED) is 0.754. The largest absolute Gasteiger partial charge is 0.459 e. The highest BCUT2D eigenvalue weighted by Gasteiger charge is 2.15. The number of benzene rings is 1. The Morgan fingerprint density at radius 3 is 2.91 bits per heavy atom. The number of carbonyl (C=O) groups excluding carboxylic acids is 1. The molecule has 0 fully saturated rings. The van der Waals surface area contributed by atoms with Crippen LogP contribution in [0.5, 0.6) is 0 Å². The third kappa shape index (κ3) is 3.42. The lowest BCUT2D eigenvalue weighted by atomic mass is 10.2. The average molecular weight is 378 g/mol. The van der Waals surface area contributed by atoms with Crippen molar-refractivity contribution in [3.8, 4) is 11.7 Å². The summed E-state index contributed by atoms with van der Waals surface area (Å²) >= 11 is 3.38. The lowest BCUT2D eigenvalue weighted by Gasteiger charge is -2.07. The van der Waals surface area contributed by atoms with Crippen molar-refractivity contribution in [3.63, 3.8) is 0 Å². The topological polar surface area (TPSA) is 90.3 Å². The monoisotopic (exact) mass is 377 g/mol. The number of halogens is 1. The summed E-state index contributed by atoms with van der Waals surface area (Å²) in [4.78, 5) is 23.8. The Morgan fingerprint density at radius 1 is 1.39 bits per heavy atom. The fraction of sp³-hybridized carbons (Fsp3) is 0.133. The van der Waals surface area contributed by atoms with Crippen LogP contribution in [0.4, 0.5) is 5.69 Å². The van der Waals surface area contributed by atoms with Crippen molar-refractivity contribution in [2.45, 2.75) is 13.5 Å². The summed E-state index contributed by atoms with van der Waals surface area (Å²) in [5, 5.41) is 6.65. The number of furan rings is 1. The summed E-state index contributed by atoms with van der Waals surface area (Å²) < 4.78 is 11.8. The molecule has 2 aromatic heterocycles. The van der Waals surface area contributed by atoms with Gasteiger partial charge in [0.1, 0.15) is 6.54 Å². The molecule has 0 unspecified atom stereocenters. The number of hydrogen-bond donors (Lipinski definition) is 1. The molecule has 1 N–H and O–H groups in total. The van der Waals surface area contributed by atoms with Crippen LogP contribution in [0.25, 0.3) is 11.7 Å². The minimum Gasteiger partial charge on any atom is -0.459 e. The standard InChI is InChI=1S/C15H12BrN3O4/c1-9-4-5-11(10(16)7-9)17-13(20)8-19-15(21)23-14(18-19)12-3-2-6-22-12/h2-7H,8H2,1H3,(H,17,20). The van der Waals surface area contributed by atoms with E-state index in [0.717, 1.165) is 14.7 Å². The minimum atomic E-state index is -0.727. The molecule has 0 radical (unpaired) electrons. The highest BCUT2D eigenvalue weighted by atomic mass is 79.9. The number of nitrogens with one attached hydrogen (secondary N) is 1. The maximum absolute atomic E-state index is 12.1. The van der Waals surface area contributed by atoms with Crippen LogP contribution in [-0.4, -0.2) is 15.7 Å². The number of carbonyl (C=O) groups is 1. The molecule has 3 aromatic rings. The number of hydrogen-bond acceptors (Lipinski definition) is 5. The number of anilines is 1. The number of aryl methyl sites for hydroxylation is 1.